The third kappa shape index (κ3) is 1.90. The molecule has 80 valence electrons. The highest BCUT2D eigenvalue weighted by atomic mass is 16.3. The van der Waals surface area contributed by atoms with Crippen molar-refractivity contribution in [3.05, 3.63) is 35.6 Å². The molecule has 0 amide bonds. The van der Waals surface area contributed by atoms with Crippen LogP contribution in [-0.2, 0) is 13.0 Å². The fraction of sp³-hybridized carbons (Fsp3) is 0.385. The predicted octanol–water partition coefficient (Wildman–Crippen LogP) is 3.27. The van der Waals surface area contributed by atoms with Gasteiger partial charge in [0.25, 0.3) is 0 Å². The normalized spacial score (nSPS) is 11.1. The van der Waals surface area contributed by atoms with E-state index in [0.717, 1.165) is 41.6 Å². The molecule has 1 heterocycles. The molecule has 0 saturated heterocycles. The molecular formula is C13H16O2. The van der Waals surface area contributed by atoms with Crippen molar-refractivity contribution >= 4 is 11.0 Å². The van der Waals surface area contributed by atoms with E-state index in [1.165, 1.54) is 0 Å². The highest BCUT2D eigenvalue weighted by molar-refractivity contribution is 5.82. The average molecular weight is 204 g/mol. The molecule has 0 aliphatic rings. The Morgan fingerprint density at radius 3 is 2.80 bits per heavy atom. The molecule has 0 unspecified atom stereocenters. The molecule has 2 rings (SSSR count). The van der Waals surface area contributed by atoms with E-state index in [4.69, 9.17) is 4.42 Å². The number of para-hydroxylation sites is 1. The Morgan fingerprint density at radius 2 is 2.07 bits per heavy atom. The lowest BCUT2D eigenvalue weighted by atomic mass is 10.1. The smallest absolute Gasteiger partial charge is 0.134 e. The fourth-order valence-electron chi connectivity index (χ4n) is 1.86. The second-order valence-electron chi connectivity index (χ2n) is 3.76. The lowest BCUT2D eigenvalue weighted by molar-refractivity contribution is 0.279. The lowest BCUT2D eigenvalue weighted by Gasteiger charge is -1.97. The monoisotopic (exact) mass is 204 g/mol. The molecule has 1 aromatic heterocycles. The van der Waals surface area contributed by atoms with Crippen molar-refractivity contribution in [3.63, 3.8) is 0 Å². The molecule has 0 aliphatic carbocycles. The van der Waals surface area contributed by atoms with Crippen molar-refractivity contribution in [1.29, 1.82) is 0 Å². The number of aliphatic hydroxyl groups excluding tert-OH is 1. The van der Waals surface area contributed by atoms with Gasteiger partial charge in [0, 0.05) is 17.4 Å². The Balaban J connectivity index is 2.44. The topological polar surface area (TPSA) is 33.4 Å². The molecule has 0 saturated carbocycles. The van der Waals surface area contributed by atoms with E-state index < -0.39 is 0 Å². The first-order valence-corrected chi connectivity index (χ1v) is 5.47. The van der Waals surface area contributed by atoms with Crippen LogP contribution in [-0.4, -0.2) is 5.11 Å². The number of furan rings is 1. The third-order valence-corrected chi connectivity index (χ3v) is 2.70. The van der Waals surface area contributed by atoms with E-state index in [0.29, 0.717) is 0 Å². The second-order valence-corrected chi connectivity index (χ2v) is 3.76. The van der Waals surface area contributed by atoms with Crippen molar-refractivity contribution in [2.24, 2.45) is 0 Å². The Morgan fingerprint density at radius 1 is 1.27 bits per heavy atom. The summed E-state index contributed by atoms with van der Waals surface area (Å²) in [5, 5.41) is 10.4. The minimum absolute atomic E-state index is 0.0655. The van der Waals surface area contributed by atoms with Gasteiger partial charge in [-0.05, 0) is 12.5 Å². The summed E-state index contributed by atoms with van der Waals surface area (Å²) in [5.74, 6) is 0.945. The molecule has 0 fully saturated rings. The van der Waals surface area contributed by atoms with Crippen LogP contribution in [0.2, 0.25) is 0 Å². The molecule has 0 aliphatic heterocycles. The van der Waals surface area contributed by atoms with Gasteiger partial charge < -0.3 is 9.52 Å². The third-order valence-electron chi connectivity index (χ3n) is 2.70. The summed E-state index contributed by atoms with van der Waals surface area (Å²) < 4.78 is 5.73. The molecule has 15 heavy (non-hydrogen) atoms. The largest absolute Gasteiger partial charge is 0.461 e. The summed E-state index contributed by atoms with van der Waals surface area (Å²) >= 11 is 0. The van der Waals surface area contributed by atoms with E-state index in [-0.39, 0.29) is 6.61 Å². The molecule has 0 radical (unpaired) electrons. The van der Waals surface area contributed by atoms with Gasteiger partial charge in [-0.25, -0.2) is 0 Å². The van der Waals surface area contributed by atoms with Gasteiger partial charge in [-0.2, -0.15) is 0 Å². The van der Waals surface area contributed by atoms with Crippen molar-refractivity contribution in [2.45, 2.75) is 32.8 Å². The second kappa shape index (κ2) is 4.49. The number of aliphatic hydroxyl groups is 1. The number of benzene rings is 1. The van der Waals surface area contributed by atoms with Crippen molar-refractivity contribution in [2.75, 3.05) is 0 Å². The number of rotatable bonds is 4. The van der Waals surface area contributed by atoms with E-state index in [2.05, 4.69) is 6.92 Å². The van der Waals surface area contributed by atoms with Crippen LogP contribution in [0.1, 0.15) is 31.1 Å². The van der Waals surface area contributed by atoms with Crippen molar-refractivity contribution < 1.29 is 9.52 Å². The van der Waals surface area contributed by atoms with Gasteiger partial charge in [-0.15, -0.1) is 0 Å². The minimum atomic E-state index is 0.0655. The molecular weight excluding hydrogens is 188 g/mol. The van der Waals surface area contributed by atoms with E-state index in [1.54, 1.807) is 0 Å². The highest BCUT2D eigenvalue weighted by Crippen LogP contribution is 2.26. The van der Waals surface area contributed by atoms with E-state index in [9.17, 15) is 5.11 Å². The van der Waals surface area contributed by atoms with Gasteiger partial charge in [0.1, 0.15) is 11.3 Å². The molecule has 0 atom stereocenters. The quantitative estimate of drug-likeness (QED) is 0.829. The van der Waals surface area contributed by atoms with Gasteiger partial charge in [-0.3, -0.25) is 0 Å². The lowest BCUT2D eigenvalue weighted by Crippen LogP contribution is -1.89. The minimum Gasteiger partial charge on any atom is -0.461 e. The van der Waals surface area contributed by atoms with Gasteiger partial charge in [0.05, 0.1) is 6.61 Å². The maximum Gasteiger partial charge on any atom is 0.134 e. The van der Waals surface area contributed by atoms with Gasteiger partial charge in [0.2, 0.25) is 0 Å². The fourth-order valence-corrected chi connectivity index (χ4v) is 1.86. The number of aryl methyl sites for hydroxylation is 1. The first-order chi connectivity index (χ1) is 7.36. The molecule has 2 aromatic rings. The Kier molecular flexibility index (Phi) is 3.07. The average Bonchev–Trinajstić information content (AvgIpc) is 2.63. The van der Waals surface area contributed by atoms with Crippen LogP contribution in [0.25, 0.3) is 11.0 Å². The summed E-state index contributed by atoms with van der Waals surface area (Å²) in [5.41, 5.74) is 1.84. The van der Waals surface area contributed by atoms with Gasteiger partial charge in [-0.1, -0.05) is 31.5 Å². The predicted molar refractivity (Wildman–Crippen MR) is 60.7 cm³/mol. The Labute approximate surface area is 89.5 Å². The van der Waals surface area contributed by atoms with Gasteiger partial charge >= 0.3 is 0 Å². The molecule has 2 heteroatoms. The highest BCUT2D eigenvalue weighted by Gasteiger charge is 2.11. The Hall–Kier alpha value is -1.28. The van der Waals surface area contributed by atoms with Crippen molar-refractivity contribution in [3.8, 4) is 0 Å². The number of fused-ring (bicyclic) bond motifs is 1. The zero-order chi connectivity index (χ0) is 10.7. The van der Waals surface area contributed by atoms with Crippen LogP contribution in [0.3, 0.4) is 0 Å². The molecule has 1 N–H and O–H groups in total. The van der Waals surface area contributed by atoms with Crippen LogP contribution in [0.4, 0.5) is 0 Å². The standard InChI is InChI=1S/C13H16O2/c1-2-3-7-13-11(9-14)10-6-4-5-8-12(10)15-13/h4-6,8,14H,2-3,7,9H2,1H3. The molecule has 0 bridgehead atoms. The Bertz CT molecular complexity index is 443. The zero-order valence-electron chi connectivity index (χ0n) is 8.99. The van der Waals surface area contributed by atoms with Crippen LogP contribution in [0.15, 0.2) is 28.7 Å². The number of hydrogen-bond donors (Lipinski definition) is 1. The van der Waals surface area contributed by atoms with Crippen LogP contribution in [0.5, 0.6) is 0 Å². The maximum atomic E-state index is 9.34. The maximum absolute atomic E-state index is 9.34. The summed E-state index contributed by atoms with van der Waals surface area (Å²) in [6.07, 6.45) is 3.16. The summed E-state index contributed by atoms with van der Waals surface area (Å²) in [4.78, 5) is 0. The summed E-state index contributed by atoms with van der Waals surface area (Å²) in [6, 6.07) is 7.88. The van der Waals surface area contributed by atoms with E-state index >= 15 is 0 Å². The summed E-state index contributed by atoms with van der Waals surface area (Å²) in [6.45, 7) is 2.22. The molecule has 2 nitrogen and oxygen atoms in total. The first-order valence-electron chi connectivity index (χ1n) is 5.47. The molecule has 1 aromatic carbocycles. The first kappa shape index (κ1) is 10.2. The van der Waals surface area contributed by atoms with Crippen LogP contribution >= 0.6 is 0 Å². The van der Waals surface area contributed by atoms with E-state index in [1.807, 2.05) is 24.3 Å². The number of hydrogen-bond acceptors (Lipinski definition) is 2. The molecule has 0 spiro atoms. The van der Waals surface area contributed by atoms with Crippen LogP contribution in [0, 0.1) is 0 Å². The SMILES string of the molecule is CCCCc1oc2ccccc2c1CO. The number of unbranched alkanes of at least 4 members (excludes halogenated alkanes) is 1. The zero-order valence-corrected chi connectivity index (χ0v) is 8.99. The van der Waals surface area contributed by atoms with Crippen molar-refractivity contribution in [1.82, 2.24) is 0 Å². The summed E-state index contributed by atoms with van der Waals surface area (Å²) in [7, 11) is 0. The van der Waals surface area contributed by atoms with Gasteiger partial charge in [0.15, 0.2) is 0 Å². The van der Waals surface area contributed by atoms with Crippen LogP contribution < -0.4 is 0 Å².